The van der Waals surface area contributed by atoms with Gasteiger partial charge in [0.05, 0.1) is 17.4 Å². The van der Waals surface area contributed by atoms with Gasteiger partial charge in [0.25, 0.3) is 0 Å². The largest absolute Gasteiger partial charge is 0.454 e. The predicted octanol–water partition coefficient (Wildman–Crippen LogP) is 2.64. The highest BCUT2D eigenvalue weighted by Gasteiger charge is 2.04. The molecule has 2 aromatic rings. The Morgan fingerprint density at radius 1 is 1.29 bits per heavy atom. The Morgan fingerprint density at radius 2 is 2.18 bits per heavy atom. The first kappa shape index (κ1) is 11.8. The fraction of sp³-hybridized carbons (Fsp3) is 0.167. The van der Waals surface area contributed by atoms with Crippen LogP contribution in [0.3, 0.4) is 0 Å². The molecule has 0 spiro atoms. The molecule has 2 aromatic heterocycles. The zero-order chi connectivity index (χ0) is 12.1. The van der Waals surface area contributed by atoms with Gasteiger partial charge in [-0.2, -0.15) is 0 Å². The molecule has 0 atom stereocenters. The minimum atomic E-state index is 0.543. The van der Waals surface area contributed by atoms with Gasteiger partial charge < -0.3 is 10.1 Å². The quantitative estimate of drug-likeness (QED) is 0.905. The van der Waals surface area contributed by atoms with Crippen LogP contribution >= 0.6 is 11.6 Å². The molecule has 2 heterocycles. The molecule has 0 aliphatic heterocycles. The fourth-order valence-electron chi connectivity index (χ4n) is 1.41. The highest BCUT2D eigenvalue weighted by atomic mass is 35.5. The Kier molecular flexibility index (Phi) is 3.90. The van der Waals surface area contributed by atoms with Gasteiger partial charge in [-0.05, 0) is 13.1 Å². The fourth-order valence-corrected chi connectivity index (χ4v) is 1.58. The number of hydrogen-bond acceptors (Lipinski definition) is 4. The number of pyridine rings is 2. The van der Waals surface area contributed by atoms with Gasteiger partial charge in [0.1, 0.15) is 11.5 Å². The van der Waals surface area contributed by atoms with Crippen LogP contribution in [0.15, 0.2) is 36.9 Å². The van der Waals surface area contributed by atoms with Gasteiger partial charge >= 0.3 is 0 Å². The predicted molar refractivity (Wildman–Crippen MR) is 66.3 cm³/mol. The van der Waals surface area contributed by atoms with Crippen LogP contribution in [0.25, 0.3) is 0 Å². The Labute approximate surface area is 105 Å². The molecule has 0 radical (unpaired) electrons. The van der Waals surface area contributed by atoms with Crippen LogP contribution in [0.1, 0.15) is 5.56 Å². The minimum Gasteiger partial charge on any atom is -0.454 e. The number of aromatic nitrogens is 2. The van der Waals surface area contributed by atoms with Crippen LogP contribution in [-0.2, 0) is 6.54 Å². The summed E-state index contributed by atoms with van der Waals surface area (Å²) in [6.07, 6.45) is 6.58. The number of rotatable bonds is 4. The molecule has 0 aromatic carbocycles. The Morgan fingerprint density at radius 3 is 2.94 bits per heavy atom. The molecule has 17 heavy (non-hydrogen) atoms. The second-order valence-corrected chi connectivity index (χ2v) is 3.89. The third-order valence-electron chi connectivity index (χ3n) is 2.14. The maximum Gasteiger partial charge on any atom is 0.150 e. The van der Waals surface area contributed by atoms with Gasteiger partial charge in [-0.15, -0.1) is 0 Å². The summed E-state index contributed by atoms with van der Waals surface area (Å²) in [7, 11) is 1.88. The van der Waals surface area contributed by atoms with E-state index in [2.05, 4.69) is 15.3 Å². The molecule has 0 aliphatic carbocycles. The van der Waals surface area contributed by atoms with Crippen molar-refractivity contribution in [2.24, 2.45) is 0 Å². The van der Waals surface area contributed by atoms with E-state index in [1.54, 1.807) is 30.9 Å². The molecule has 0 fully saturated rings. The molecular weight excluding hydrogens is 238 g/mol. The smallest absolute Gasteiger partial charge is 0.150 e. The molecule has 88 valence electrons. The average molecular weight is 250 g/mol. The lowest BCUT2D eigenvalue weighted by Gasteiger charge is -2.09. The Balaban J connectivity index is 2.23. The standard InChI is InChI=1S/C12H12ClN3O/c1-14-5-9-2-3-15-8-12(9)17-11-4-10(13)6-16-7-11/h2-4,6-8,14H,5H2,1H3. The van der Waals surface area contributed by atoms with E-state index in [0.29, 0.717) is 23.1 Å². The van der Waals surface area contributed by atoms with Crippen molar-refractivity contribution in [3.8, 4) is 11.5 Å². The normalized spacial score (nSPS) is 10.2. The second kappa shape index (κ2) is 5.61. The van der Waals surface area contributed by atoms with Gasteiger partial charge in [-0.3, -0.25) is 9.97 Å². The highest BCUT2D eigenvalue weighted by Crippen LogP contribution is 2.25. The van der Waals surface area contributed by atoms with E-state index in [1.165, 1.54) is 0 Å². The summed E-state index contributed by atoms with van der Waals surface area (Å²) in [5.74, 6) is 1.30. The maximum atomic E-state index is 5.84. The third-order valence-corrected chi connectivity index (χ3v) is 2.35. The van der Waals surface area contributed by atoms with Crippen molar-refractivity contribution in [1.29, 1.82) is 0 Å². The topological polar surface area (TPSA) is 47.0 Å². The van der Waals surface area contributed by atoms with Crippen LogP contribution < -0.4 is 10.1 Å². The van der Waals surface area contributed by atoms with Crippen molar-refractivity contribution in [3.63, 3.8) is 0 Å². The summed E-state index contributed by atoms with van der Waals surface area (Å²) >= 11 is 5.84. The van der Waals surface area contributed by atoms with E-state index in [0.717, 1.165) is 5.56 Å². The van der Waals surface area contributed by atoms with Crippen molar-refractivity contribution >= 4 is 11.6 Å². The van der Waals surface area contributed by atoms with Crippen molar-refractivity contribution in [1.82, 2.24) is 15.3 Å². The van der Waals surface area contributed by atoms with Gasteiger partial charge in [-0.1, -0.05) is 11.6 Å². The van der Waals surface area contributed by atoms with E-state index in [-0.39, 0.29) is 0 Å². The maximum absolute atomic E-state index is 5.84. The summed E-state index contributed by atoms with van der Waals surface area (Å²) in [6, 6.07) is 3.62. The molecule has 4 nitrogen and oxygen atoms in total. The van der Waals surface area contributed by atoms with Crippen LogP contribution in [0, 0.1) is 0 Å². The van der Waals surface area contributed by atoms with Gasteiger partial charge in [0.2, 0.25) is 0 Å². The van der Waals surface area contributed by atoms with Crippen molar-refractivity contribution < 1.29 is 4.74 Å². The number of nitrogens with zero attached hydrogens (tertiary/aromatic N) is 2. The second-order valence-electron chi connectivity index (χ2n) is 3.45. The first-order valence-electron chi connectivity index (χ1n) is 5.15. The molecule has 5 heteroatoms. The highest BCUT2D eigenvalue weighted by molar-refractivity contribution is 6.30. The molecule has 0 saturated carbocycles. The molecule has 0 bridgehead atoms. The Bertz CT molecular complexity index is 505. The lowest BCUT2D eigenvalue weighted by molar-refractivity contribution is 0.469. The van der Waals surface area contributed by atoms with Crippen molar-refractivity contribution in [2.45, 2.75) is 6.54 Å². The number of nitrogens with one attached hydrogen (secondary N) is 1. The van der Waals surface area contributed by atoms with Crippen LogP contribution in [-0.4, -0.2) is 17.0 Å². The van der Waals surface area contributed by atoms with E-state index < -0.39 is 0 Å². The summed E-state index contributed by atoms with van der Waals surface area (Å²) < 4.78 is 5.69. The van der Waals surface area contributed by atoms with Crippen molar-refractivity contribution in [3.05, 3.63) is 47.5 Å². The molecule has 0 aliphatic rings. The third kappa shape index (κ3) is 3.15. The monoisotopic (exact) mass is 249 g/mol. The number of halogens is 1. The van der Waals surface area contributed by atoms with E-state index in [9.17, 15) is 0 Å². The number of hydrogen-bond donors (Lipinski definition) is 1. The van der Waals surface area contributed by atoms with Crippen molar-refractivity contribution in [2.75, 3.05) is 7.05 Å². The van der Waals surface area contributed by atoms with E-state index in [1.807, 2.05) is 13.1 Å². The first-order chi connectivity index (χ1) is 8.29. The summed E-state index contributed by atoms with van der Waals surface area (Å²) in [5.41, 5.74) is 1.03. The zero-order valence-electron chi connectivity index (χ0n) is 9.35. The molecule has 0 amide bonds. The lowest BCUT2D eigenvalue weighted by atomic mass is 10.2. The lowest BCUT2D eigenvalue weighted by Crippen LogP contribution is -2.06. The molecule has 2 rings (SSSR count). The minimum absolute atomic E-state index is 0.543. The first-order valence-corrected chi connectivity index (χ1v) is 5.53. The Hall–Kier alpha value is -1.65. The van der Waals surface area contributed by atoms with Crippen LogP contribution in [0.2, 0.25) is 5.02 Å². The summed E-state index contributed by atoms with van der Waals surface area (Å²) in [6.45, 7) is 0.714. The number of ether oxygens (including phenoxy) is 1. The SMILES string of the molecule is CNCc1ccncc1Oc1cncc(Cl)c1. The molecule has 1 N–H and O–H groups in total. The van der Waals surface area contributed by atoms with Crippen LogP contribution in [0.4, 0.5) is 0 Å². The van der Waals surface area contributed by atoms with E-state index >= 15 is 0 Å². The zero-order valence-corrected chi connectivity index (χ0v) is 10.1. The van der Waals surface area contributed by atoms with Gasteiger partial charge in [0.15, 0.2) is 0 Å². The van der Waals surface area contributed by atoms with Gasteiger partial charge in [0, 0.05) is 30.6 Å². The molecule has 0 saturated heterocycles. The summed E-state index contributed by atoms with van der Waals surface area (Å²) in [4.78, 5) is 8.00. The van der Waals surface area contributed by atoms with Crippen LogP contribution in [0.5, 0.6) is 11.5 Å². The average Bonchev–Trinajstić information content (AvgIpc) is 2.32. The molecular formula is C12H12ClN3O. The summed E-state index contributed by atoms with van der Waals surface area (Å²) in [5, 5.41) is 3.62. The molecule has 0 unspecified atom stereocenters. The van der Waals surface area contributed by atoms with E-state index in [4.69, 9.17) is 16.3 Å². The van der Waals surface area contributed by atoms with Gasteiger partial charge in [-0.25, -0.2) is 0 Å².